The molecule has 0 bridgehead atoms. The minimum atomic E-state index is -0.310. The first-order chi connectivity index (χ1) is 9.72. The molecule has 2 rings (SSSR count). The summed E-state index contributed by atoms with van der Waals surface area (Å²) in [6, 6.07) is 9.68. The second kappa shape index (κ2) is 6.38. The molecule has 0 atom stereocenters. The van der Waals surface area contributed by atoms with Gasteiger partial charge in [0.25, 0.3) is 11.9 Å². The van der Waals surface area contributed by atoms with Crippen molar-refractivity contribution in [3.05, 3.63) is 47.3 Å². The number of hydrogen-bond donors (Lipinski definition) is 2. The maximum absolute atomic E-state index is 11.8. The summed E-state index contributed by atoms with van der Waals surface area (Å²) >= 11 is 0. The number of anilines is 1. The SMILES string of the molecule is CNc1ncc(C(=O)NCCc2cccc(C#N)c2)o1. The van der Waals surface area contributed by atoms with Crippen LogP contribution in [0, 0.1) is 11.3 Å². The van der Waals surface area contributed by atoms with Crippen molar-refractivity contribution in [3.8, 4) is 6.07 Å². The second-order valence-electron chi connectivity index (χ2n) is 4.10. The van der Waals surface area contributed by atoms with E-state index in [-0.39, 0.29) is 11.7 Å². The average molecular weight is 270 g/mol. The highest BCUT2D eigenvalue weighted by molar-refractivity contribution is 5.91. The smallest absolute Gasteiger partial charge is 0.294 e. The largest absolute Gasteiger partial charge is 0.418 e. The number of hydrogen-bond acceptors (Lipinski definition) is 5. The highest BCUT2D eigenvalue weighted by Gasteiger charge is 2.11. The summed E-state index contributed by atoms with van der Waals surface area (Å²) in [5.41, 5.74) is 1.61. The fourth-order valence-corrected chi connectivity index (χ4v) is 1.70. The van der Waals surface area contributed by atoms with Crippen LogP contribution in [0.1, 0.15) is 21.7 Å². The van der Waals surface area contributed by atoms with Crippen LogP contribution in [0.3, 0.4) is 0 Å². The second-order valence-corrected chi connectivity index (χ2v) is 4.10. The van der Waals surface area contributed by atoms with E-state index in [9.17, 15) is 4.79 Å². The molecule has 102 valence electrons. The van der Waals surface area contributed by atoms with Gasteiger partial charge in [-0.25, -0.2) is 4.98 Å². The normalized spacial score (nSPS) is 9.80. The molecule has 2 aromatic rings. The van der Waals surface area contributed by atoms with E-state index in [1.165, 1.54) is 6.20 Å². The molecule has 1 aromatic heterocycles. The van der Waals surface area contributed by atoms with Crippen LogP contribution < -0.4 is 10.6 Å². The van der Waals surface area contributed by atoms with Crippen molar-refractivity contribution in [2.75, 3.05) is 18.9 Å². The molecule has 0 saturated heterocycles. The highest BCUT2D eigenvalue weighted by atomic mass is 16.4. The lowest BCUT2D eigenvalue weighted by Crippen LogP contribution is -2.25. The first-order valence-electron chi connectivity index (χ1n) is 6.13. The predicted octanol–water partition coefficient (Wildman–Crippen LogP) is 1.56. The first-order valence-corrected chi connectivity index (χ1v) is 6.13. The summed E-state index contributed by atoms with van der Waals surface area (Å²) in [4.78, 5) is 15.6. The van der Waals surface area contributed by atoms with Crippen molar-refractivity contribution in [2.24, 2.45) is 0 Å². The summed E-state index contributed by atoms with van der Waals surface area (Å²) in [5.74, 6) is -0.143. The summed E-state index contributed by atoms with van der Waals surface area (Å²) in [5, 5.41) is 14.3. The van der Waals surface area contributed by atoms with Gasteiger partial charge in [-0.3, -0.25) is 4.79 Å². The number of carbonyl (C=O) groups excluding carboxylic acids is 1. The van der Waals surface area contributed by atoms with E-state index >= 15 is 0 Å². The zero-order valence-corrected chi connectivity index (χ0v) is 11.0. The molecule has 1 aromatic carbocycles. The molecular weight excluding hydrogens is 256 g/mol. The highest BCUT2D eigenvalue weighted by Crippen LogP contribution is 2.08. The number of carbonyl (C=O) groups is 1. The van der Waals surface area contributed by atoms with Crippen LogP contribution in [0.25, 0.3) is 0 Å². The van der Waals surface area contributed by atoms with Gasteiger partial charge in [0.15, 0.2) is 0 Å². The monoisotopic (exact) mass is 270 g/mol. The molecule has 6 nitrogen and oxygen atoms in total. The maximum Gasteiger partial charge on any atom is 0.294 e. The van der Waals surface area contributed by atoms with Crippen LogP contribution in [0.15, 0.2) is 34.9 Å². The Morgan fingerprint density at radius 3 is 3.05 bits per heavy atom. The first kappa shape index (κ1) is 13.6. The lowest BCUT2D eigenvalue weighted by Gasteiger charge is -2.03. The van der Waals surface area contributed by atoms with Gasteiger partial charge in [-0.1, -0.05) is 12.1 Å². The minimum Gasteiger partial charge on any atom is -0.418 e. The third kappa shape index (κ3) is 3.36. The number of aromatic nitrogens is 1. The fraction of sp³-hybridized carbons (Fsp3) is 0.214. The quantitative estimate of drug-likeness (QED) is 0.860. The number of rotatable bonds is 5. The van der Waals surface area contributed by atoms with E-state index in [1.54, 1.807) is 19.2 Å². The van der Waals surface area contributed by atoms with Crippen LogP contribution in [0.4, 0.5) is 6.01 Å². The minimum absolute atomic E-state index is 0.167. The number of nitrogens with one attached hydrogen (secondary N) is 2. The van der Waals surface area contributed by atoms with Crippen LogP contribution in [-0.4, -0.2) is 24.5 Å². The molecule has 6 heteroatoms. The van der Waals surface area contributed by atoms with Crippen molar-refractivity contribution in [1.29, 1.82) is 5.26 Å². The molecule has 0 aliphatic rings. The van der Waals surface area contributed by atoms with Gasteiger partial charge in [-0.2, -0.15) is 5.26 Å². The van der Waals surface area contributed by atoms with Gasteiger partial charge in [-0.05, 0) is 24.1 Å². The number of nitrogens with zero attached hydrogens (tertiary/aromatic N) is 2. The van der Waals surface area contributed by atoms with Crippen LogP contribution in [0.2, 0.25) is 0 Å². The Balaban J connectivity index is 1.86. The van der Waals surface area contributed by atoms with Gasteiger partial charge >= 0.3 is 0 Å². The van der Waals surface area contributed by atoms with Crippen LogP contribution in [0.5, 0.6) is 0 Å². The molecule has 0 radical (unpaired) electrons. The Bertz CT molecular complexity index is 643. The third-order valence-electron chi connectivity index (χ3n) is 2.70. The summed E-state index contributed by atoms with van der Waals surface area (Å²) in [6.07, 6.45) is 2.02. The predicted molar refractivity (Wildman–Crippen MR) is 73.2 cm³/mol. The van der Waals surface area contributed by atoms with Crippen LogP contribution >= 0.6 is 0 Å². The Kier molecular flexibility index (Phi) is 4.35. The molecule has 1 amide bonds. The Hall–Kier alpha value is -2.81. The van der Waals surface area contributed by atoms with Gasteiger partial charge in [-0.15, -0.1) is 0 Å². The van der Waals surface area contributed by atoms with E-state index < -0.39 is 0 Å². The molecule has 0 spiro atoms. The van der Waals surface area contributed by atoms with E-state index in [0.717, 1.165) is 5.56 Å². The van der Waals surface area contributed by atoms with Gasteiger partial charge in [0.05, 0.1) is 17.8 Å². The number of oxazole rings is 1. The maximum atomic E-state index is 11.8. The Morgan fingerprint density at radius 2 is 2.35 bits per heavy atom. The number of amides is 1. The number of nitriles is 1. The van der Waals surface area contributed by atoms with Crippen molar-refractivity contribution in [3.63, 3.8) is 0 Å². The topological polar surface area (TPSA) is 91.0 Å². The van der Waals surface area contributed by atoms with Crippen molar-refractivity contribution in [1.82, 2.24) is 10.3 Å². The molecule has 1 heterocycles. The van der Waals surface area contributed by atoms with E-state index in [1.807, 2.05) is 12.1 Å². The Morgan fingerprint density at radius 1 is 1.50 bits per heavy atom. The van der Waals surface area contributed by atoms with E-state index in [4.69, 9.17) is 9.68 Å². The molecular formula is C14H14N4O2. The molecule has 0 aliphatic heterocycles. The number of benzene rings is 1. The van der Waals surface area contributed by atoms with Crippen LogP contribution in [-0.2, 0) is 6.42 Å². The fourth-order valence-electron chi connectivity index (χ4n) is 1.70. The molecule has 0 fully saturated rings. The summed E-state index contributed by atoms with van der Waals surface area (Å²) < 4.78 is 5.16. The van der Waals surface area contributed by atoms with Gasteiger partial charge < -0.3 is 15.1 Å². The average Bonchev–Trinajstić information content (AvgIpc) is 2.96. The van der Waals surface area contributed by atoms with Gasteiger partial charge in [0.2, 0.25) is 5.76 Å². The summed E-state index contributed by atoms with van der Waals surface area (Å²) in [6.45, 7) is 0.462. The van der Waals surface area contributed by atoms with Gasteiger partial charge in [0, 0.05) is 13.6 Å². The van der Waals surface area contributed by atoms with E-state index in [0.29, 0.717) is 24.5 Å². The molecule has 0 saturated carbocycles. The van der Waals surface area contributed by atoms with Crippen molar-refractivity contribution in [2.45, 2.75) is 6.42 Å². The Labute approximate surface area is 116 Å². The third-order valence-corrected chi connectivity index (χ3v) is 2.70. The van der Waals surface area contributed by atoms with E-state index in [2.05, 4.69) is 21.7 Å². The standard InChI is InChI=1S/C14H14N4O2/c1-16-14-18-9-12(20-14)13(19)17-6-5-10-3-2-4-11(7-10)8-15/h2-4,7,9H,5-6H2,1H3,(H,16,18)(H,17,19). The zero-order chi connectivity index (χ0) is 14.4. The molecule has 20 heavy (non-hydrogen) atoms. The van der Waals surface area contributed by atoms with Crippen molar-refractivity contribution < 1.29 is 9.21 Å². The summed E-state index contributed by atoms with van der Waals surface area (Å²) in [7, 11) is 1.66. The molecule has 2 N–H and O–H groups in total. The van der Waals surface area contributed by atoms with Crippen molar-refractivity contribution >= 4 is 11.9 Å². The molecule has 0 aliphatic carbocycles. The van der Waals surface area contributed by atoms with Gasteiger partial charge in [0.1, 0.15) is 0 Å². The molecule has 0 unspecified atom stereocenters. The lowest BCUT2D eigenvalue weighted by atomic mass is 10.1. The zero-order valence-electron chi connectivity index (χ0n) is 11.0. The lowest BCUT2D eigenvalue weighted by molar-refractivity contribution is 0.0927.